The Balaban J connectivity index is 1.81. The molecule has 2 atom stereocenters. The summed E-state index contributed by atoms with van der Waals surface area (Å²) in [6.07, 6.45) is 1.04. The zero-order chi connectivity index (χ0) is 15.0. The molecule has 0 aliphatic carbocycles. The summed E-state index contributed by atoms with van der Waals surface area (Å²) < 4.78 is 13.3. The topological polar surface area (TPSA) is 70.8 Å². The number of aromatic nitrogens is 3. The van der Waals surface area contributed by atoms with Gasteiger partial charge in [-0.25, -0.2) is 4.39 Å². The molecule has 2 unspecified atom stereocenters. The molecule has 1 aromatic heterocycles. The molecule has 1 aromatic carbocycles. The number of hydrogen-bond acceptors (Lipinski definition) is 4. The van der Waals surface area contributed by atoms with Crippen molar-refractivity contribution in [2.75, 3.05) is 18.0 Å². The number of rotatable bonds is 2. The summed E-state index contributed by atoms with van der Waals surface area (Å²) in [5.41, 5.74) is 7.54. The number of aromatic amines is 1. The van der Waals surface area contributed by atoms with Gasteiger partial charge >= 0.3 is 0 Å². The Morgan fingerprint density at radius 1 is 1.43 bits per heavy atom. The van der Waals surface area contributed by atoms with E-state index in [0.29, 0.717) is 23.3 Å². The van der Waals surface area contributed by atoms with Gasteiger partial charge in [-0.2, -0.15) is 4.98 Å². The molecule has 1 saturated heterocycles. The highest BCUT2D eigenvalue weighted by Gasteiger charge is 2.25. The molecule has 1 fully saturated rings. The average molecular weight is 289 g/mol. The maximum Gasteiger partial charge on any atom is 0.245 e. The van der Waals surface area contributed by atoms with E-state index < -0.39 is 0 Å². The van der Waals surface area contributed by atoms with Crippen LogP contribution in [0.2, 0.25) is 0 Å². The van der Waals surface area contributed by atoms with Crippen LogP contribution in [0.25, 0.3) is 11.4 Å². The number of benzene rings is 1. The Kier molecular flexibility index (Phi) is 3.63. The van der Waals surface area contributed by atoms with Crippen molar-refractivity contribution in [3.8, 4) is 11.4 Å². The molecule has 21 heavy (non-hydrogen) atoms. The van der Waals surface area contributed by atoms with Crippen LogP contribution < -0.4 is 10.6 Å². The average Bonchev–Trinajstić information content (AvgIpc) is 2.94. The van der Waals surface area contributed by atoms with Crippen LogP contribution >= 0.6 is 0 Å². The number of halogens is 1. The van der Waals surface area contributed by atoms with Crippen LogP contribution in [0.1, 0.15) is 18.9 Å². The highest BCUT2D eigenvalue weighted by Crippen LogP contribution is 2.23. The lowest BCUT2D eigenvalue weighted by molar-refractivity contribution is 0.376. The van der Waals surface area contributed by atoms with Crippen molar-refractivity contribution in [3.05, 3.63) is 29.6 Å². The molecular formula is C15H20FN5. The van der Waals surface area contributed by atoms with Gasteiger partial charge in [0.05, 0.1) is 0 Å². The van der Waals surface area contributed by atoms with Crippen molar-refractivity contribution in [3.63, 3.8) is 0 Å². The molecule has 1 aliphatic rings. The summed E-state index contributed by atoms with van der Waals surface area (Å²) in [7, 11) is 0. The third-order valence-electron chi connectivity index (χ3n) is 4.20. The molecule has 5 nitrogen and oxygen atoms in total. The minimum Gasteiger partial charge on any atom is -0.338 e. The van der Waals surface area contributed by atoms with E-state index in [0.717, 1.165) is 25.1 Å². The van der Waals surface area contributed by atoms with Gasteiger partial charge in [0.15, 0.2) is 5.82 Å². The SMILES string of the molecule is Cc1cc(-c2nc(N3CCC(C)C(N)C3)n[nH]2)ccc1F. The molecule has 0 amide bonds. The van der Waals surface area contributed by atoms with Gasteiger partial charge in [-0.3, -0.25) is 5.10 Å². The third-order valence-corrected chi connectivity index (χ3v) is 4.20. The fourth-order valence-electron chi connectivity index (χ4n) is 2.60. The monoisotopic (exact) mass is 289 g/mol. The second-order valence-electron chi connectivity index (χ2n) is 5.82. The van der Waals surface area contributed by atoms with Crippen molar-refractivity contribution >= 4 is 5.95 Å². The summed E-state index contributed by atoms with van der Waals surface area (Å²) in [5, 5.41) is 7.19. The van der Waals surface area contributed by atoms with Gasteiger partial charge in [-0.15, -0.1) is 5.10 Å². The standard InChI is InChI=1S/C15H20FN5/c1-9-5-6-21(8-13(9)17)15-18-14(19-20-15)11-3-4-12(16)10(2)7-11/h3-4,7,9,13H,5-6,8,17H2,1-2H3,(H,18,19,20). The molecule has 1 aliphatic heterocycles. The number of hydrogen-bond donors (Lipinski definition) is 2. The van der Waals surface area contributed by atoms with Gasteiger partial charge in [0.1, 0.15) is 5.82 Å². The van der Waals surface area contributed by atoms with Gasteiger partial charge in [0, 0.05) is 24.7 Å². The van der Waals surface area contributed by atoms with E-state index in [1.54, 1.807) is 19.1 Å². The number of aryl methyl sites for hydroxylation is 1. The highest BCUT2D eigenvalue weighted by molar-refractivity contribution is 5.57. The van der Waals surface area contributed by atoms with Crippen LogP contribution in [-0.2, 0) is 0 Å². The Labute approximate surface area is 123 Å². The largest absolute Gasteiger partial charge is 0.338 e. The quantitative estimate of drug-likeness (QED) is 0.888. The lowest BCUT2D eigenvalue weighted by Crippen LogP contribution is -2.48. The maximum absolute atomic E-state index is 13.3. The second kappa shape index (κ2) is 5.44. The zero-order valence-corrected chi connectivity index (χ0v) is 12.3. The minimum absolute atomic E-state index is 0.147. The molecule has 3 rings (SSSR count). The summed E-state index contributed by atoms with van der Waals surface area (Å²) in [5.74, 6) is 1.63. The lowest BCUT2D eigenvalue weighted by atomic mass is 9.95. The van der Waals surface area contributed by atoms with Gasteiger partial charge in [-0.05, 0) is 43.0 Å². The van der Waals surface area contributed by atoms with E-state index in [2.05, 4.69) is 27.0 Å². The Hall–Kier alpha value is -1.95. The van der Waals surface area contributed by atoms with Crippen molar-refractivity contribution in [1.29, 1.82) is 0 Å². The summed E-state index contributed by atoms with van der Waals surface area (Å²) in [6, 6.07) is 5.07. The Morgan fingerprint density at radius 3 is 2.95 bits per heavy atom. The Morgan fingerprint density at radius 2 is 2.24 bits per heavy atom. The summed E-state index contributed by atoms with van der Waals surface area (Å²) in [6.45, 7) is 5.59. The van der Waals surface area contributed by atoms with E-state index in [1.165, 1.54) is 6.07 Å². The summed E-state index contributed by atoms with van der Waals surface area (Å²) in [4.78, 5) is 6.61. The van der Waals surface area contributed by atoms with Gasteiger partial charge in [0.2, 0.25) is 5.95 Å². The number of nitrogens with one attached hydrogen (secondary N) is 1. The molecule has 6 heteroatoms. The van der Waals surface area contributed by atoms with Crippen LogP contribution in [0.15, 0.2) is 18.2 Å². The first kappa shape index (κ1) is 14.0. The highest BCUT2D eigenvalue weighted by atomic mass is 19.1. The number of nitrogens with zero attached hydrogens (tertiary/aromatic N) is 3. The number of nitrogens with two attached hydrogens (primary N) is 1. The first-order valence-corrected chi connectivity index (χ1v) is 7.24. The normalized spacial score (nSPS) is 22.6. The summed E-state index contributed by atoms with van der Waals surface area (Å²) >= 11 is 0. The van der Waals surface area contributed by atoms with Crippen LogP contribution in [0.4, 0.5) is 10.3 Å². The van der Waals surface area contributed by atoms with Crippen molar-refractivity contribution < 1.29 is 4.39 Å². The molecule has 0 radical (unpaired) electrons. The van der Waals surface area contributed by atoms with Crippen LogP contribution in [0.5, 0.6) is 0 Å². The van der Waals surface area contributed by atoms with Gasteiger partial charge < -0.3 is 10.6 Å². The lowest BCUT2D eigenvalue weighted by Gasteiger charge is -2.34. The molecule has 2 aromatic rings. The Bertz CT molecular complexity index is 639. The zero-order valence-electron chi connectivity index (χ0n) is 12.3. The van der Waals surface area contributed by atoms with E-state index >= 15 is 0 Å². The molecule has 112 valence electrons. The number of H-pyrrole nitrogens is 1. The molecular weight excluding hydrogens is 269 g/mol. The minimum atomic E-state index is -0.213. The fourth-order valence-corrected chi connectivity index (χ4v) is 2.60. The van der Waals surface area contributed by atoms with E-state index in [-0.39, 0.29) is 11.9 Å². The smallest absolute Gasteiger partial charge is 0.245 e. The van der Waals surface area contributed by atoms with E-state index in [9.17, 15) is 4.39 Å². The maximum atomic E-state index is 13.3. The van der Waals surface area contributed by atoms with Gasteiger partial charge in [-0.1, -0.05) is 6.92 Å². The molecule has 2 heterocycles. The predicted molar refractivity (Wildman–Crippen MR) is 80.5 cm³/mol. The third kappa shape index (κ3) is 2.76. The second-order valence-corrected chi connectivity index (χ2v) is 5.82. The van der Waals surface area contributed by atoms with E-state index in [4.69, 9.17) is 5.73 Å². The van der Waals surface area contributed by atoms with E-state index in [1.807, 2.05) is 0 Å². The fraction of sp³-hybridized carbons (Fsp3) is 0.467. The van der Waals surface area contributed by atoms with Crippen molar-refractivity contribution in [2.45, 2.75) is 26.3 Å². The van der Waals surface area contributed by atoms with Gasteiger partial charge in [0.25, 0.3) is 0 Å². The van der Waals surface area contributed by atoms with Crippen molar-refractivity contribution in [1.82, 2.24) is 15.2 Å². The first-order chi connectivity index (χ1) is 10.0. The molecule has 0 spiro atoms. The first-order valence-electron chi connectivity index (χ1n) is 7.24. The van der Waals surface area contributed by atoms with Crippen LogP contribution in [0.3, 0.4) is 0 Å². The predicted octanol–water partition coefficient (Wildman–Crippen LogP) is 2.09. The molecule has 0 saturated carbocycles. The van der Waals surface area contributed by atoms with Crippen LogP contribution in [-0.4, -0.2) is 34.3 Å². The molecule has 3 N–H and O–H groups in total. The number of anilines is 1. The van der Waals surface area contributed by atoms with Crippen molar-refractivity contribution in [2.24, 2.45) is 11.7 Å². The number of piperidine rings is 1. The van der Waals surface area contributed by atoms with Crippen LogP contribution in [0, 0.1) is 18.7 Å². The molecule has 0 bridgehead atoms.